The number of nitrogens with zero attached hydrogens (tertiary/aromatic N) is 3. The van der Waals surface area contributed by atoms with Gasteiger partial charge in [0.25, 0.3) is 0 Å². The Morgan fingerprint density at radius 1 is 1.43 bits per heavy atom. The molecule has 0 N–H and O–H groups in total. The van der Waals surface area contributed by atoms with Crippen LogP contribution in [0.3, 0.4) is 0 Å². The summed E-state index contributed by atoms with van der Waals surface area (Å²) in [6.45, 7) is 1.83. The number of aryl methyl sites for hydroxylation is 1. The van der Waals surface area contributed by atoms with E-state index in [1.165, 1.54) is 11.3 Å². The summed E-state index contributed by atoms with van der Waals surface area (Å²) in [6, 6.07) is 1.65. The van der Waals surface area contributed by atoms with Crippen LogP contribution in [0.5, 0.6) is 0 Å². The fourth-order valence-electron chi connectivity index (χ4n) is 1.09. The number of rotatable bonds is 2. The molecular formula is C9H7N3OS. The summed E-state index contributed by atoms with van der Waals surface area (Å²) < 4.78 is 0. The highest BCUT2D eigenvalue weighted by Crippen LogP contribution is 2.19. The van der Waals surface area contributed by atoms with Crippen LogP contribution in [0.15, 0.2) is 17.8 Å². The van der Waals surface area contributed by atoms with Gasteiger partial charge in [0.05, 0.1) is 10.4 Å². The normalized spacial score (nSPS) is 10.1. The highest BCUT2D eigenvalue weighted by atomic mass is 32.1. The molecule has 0 aliphatic rings. The van der Waals surface area contributed by atoms with E-state index in [4.69, 9.17) is 0 Å². The molecule has 0 aromatic carbocycles. The average molecular weight is 205 g/mol. The van der Waals surface area contributed by atoms with Crippen molar-refractivity contribution in [3.63, 3.8) is 0 Å². The molecule has 4 nitrogen and oxygen atoms in total. The molecule has 0 saturated carbocycles. The number of carbonyl (C=O) groups excluding carboxylic acids is 1. The minimum Gasteiger partial charge on any atom is -0.296 e. The van der Waals surface area contributed by atoms with Gasteiger partial charge < -0.3 is 0 Å². The van der Waals surface area contributed by atoms with Gasteiger partial charge in [-0.2, -0.15) is 0 Å². The van der Waals surface area contributed by atoms with Crippen LogP contribution in [-0.4, -0.2) is 21.2 Å². The lowest BCUT2D eigenvalue weighted by atomic mass is 10.3. The topological polar surface area (TPSA) is 55.7 Å². The van der Waals surface area contributed by atoms with E-state index in [1.807, 2.05) is 6.92 Å². The fraction of sp³-hybridized carbons (Fsp3) is 0.111. The molecule has 0 aliphatic heterocycles. The molecule has 0 radical (unpaired) electrons. The Hall–Kier alpha value is -1.62. The summed E-state index contributed by atoms with van der Waals surface area (Å²) in [4.78, 5) is 23.7. The molecule has 2 heterocycles. The largest absolute Gasteiger partial charge is 0.296 e. The third-order valence-corrected chi connectivity index (χ3v) is 2.42. The minimum atomic E-state index is 0.404. The zero-order chi connectivity index (χ0) is 9.97. The van der Waals surface area contributed by atoms with Crippen LogP contribution >= 0.6 is 11.3 Å². The Morgan fingerprint density at radius 2 is 2.29 bits per heavy atom. The smallest absolute Gasteiger partial charge is 0.171 e. The zero-order valence-corrected chi connectivity index (χ0v) is 8.28. The third-order valence-electron chi connectivity index (χ3n) is 1.65. The van der Waals surface area contributed by atoms with Crippen LogP contribution < -0.4 is 0 Å². The highest BCUT2D eigenvalue weighted by Gasteiger charge is 2.05. The van der Waals surface area contributed by atoms with Crippen molar-refractivity contribution in [1.82, 2.24) is 15.0 Å². The van der Waals surface area contributed by atoms with Crippen LogP contribution in [0.4, 0.5) is 0 Å². The Morgan fingerprint density at radius 3 is 2.93 bits per heavy atom. The predicted molar refractivity (Wildman–Crippen MR) is 53.3 cm³/mol. The molecule has 0 atom stereocenters. The van der Waals surface area contributed by atoms with Gasteiger partial charge in [0.2, 0.25) is 0 Å². The first-order valence-corrected chi connectivity index (χ1v) is 4.87. The Labute approximate surface area is 84.7 Å². The molecule has 2 aromatic rings. The van der Waals surface area contributed by atoms with E-state index in [-0.39, 0.29) is 0 Å². The molecule has 2 aromatic heterocycles. The summed E-state index contributed by atoms with van der Waals surface area (Å²) in [6.07, 6.45) is 2.41. The van der Waals surface area contributed by atoms with Gasteiger partial charge in [-0.1, -0.05) is 0 Å². The zero-order valence-electron chi connectivity index (χ0n) is 7.47. The van der Waals surface area contributed by atoms with Crippen molar-refractivity contribution >= 4 is 17.6 Å². The quantitative estimate of drug-likeness (QED) is 0.700. The van der Waals surface area contributed by atoms with Crippen molar-refractivity contribution < 1.29 is 4.79 Å². The number of aromatic nitrogens is 3. The highest BCUT2D eigenvalue weighted by molar-refractivity contribution is 7.13. The van der Waals surface area contributed by atoms with Gasteiger partial charge in [-0.15, -0.1) is 11.3 Å². The van der Waals surface area contributed by atoms with E-state index in [0.717, 1.165) is 16.9 Å². The van der Waals surface area contributed by atoms with Crippen LogP contribution in [0.2, 0.25) is 0 Å². The fourth-order valence-corrected chi connectivity index (χ4v) is 1.64. The van der Waals surface area contributed by atoms with Gasteiger partial charge >= 0.3 is 0 Å². The molecule has 2 rings (SSSR count). The summed E-state index contributed by atoms with van der Waals surface area (Å²) >= 11 is 1.45. The van der Waals surface area contributed by atoms with E-state index >= 15 is 0 Å². The first kappa shape index (κ1) is 8.96. The predicted octanol–water partition coefficient (Wildman–Crippen LogP) is 1.72. The molecule has 70 valence electrons. The van der Waals surface area contributed by atoms with Crippen LogP contribution in [0.1, 0.15) is 16.2 Å². The maximum Gasteiger partial charge on any atom is 0.171 e. The molecule has 0 fully saturated rings. The van der Waals surface area contributed by atoms with Gasteiger partial charge in [-0.05, 0) is 13.0 Å². The maximum absolute atomic E-state index is 10.6. The van der Waals surface area contributed by atoms with E-state index in [0.29, 0.717) is 11.5 Å². The van der Waals surface area contributed by atoms with E-state index < -0.39 is 0 Å². The van der Waals surface area contributed by atoms with E-state index in [2.05, 4.69) is 15.0 Å². The van der Waals surface area contributed by atoms with Crippen molar-refractivity contribution in [3.8, 4) is 10.7 Å². The van der Waals surface area contributed by atoms with Gasteiger partial charge in [0.1, 0.15) is 5.69 Å². The number of hydrogen-bond acceptors (Lipinski definition) is 5. The Bertz CT molecular complexity index is 453. The summed E-state index contributed by atoms with van der Waals surface area (Å²) in [5, 5.41) is 0. The molecular weight excluding hydrogens is 198 g/mol. The van der Waals surface area contributed by atoms with Gasteiger partial charge in [0.15, 0.2) is 12.1 Å². The molecule has 14 heavy (non-hydrogen) atoms. The molecule has 0 aliphatic carbocycles. The first-order chi connectivity index (χ1) is 6.79. The van der Waals surface area contributed by atoms with Crippen molar-refractivity contribution in [2.45, 2.75) is 6.92 Å². The number of aldehydes is 1. The molecule has 5 heteroatoms. The average Bonchev–Trinajstić information content (AvgIpc) is 2.69. The maximum atomic E-state index is 10.6. The summed E-state index contributed by atoms with van der Waals surface area (Å²) in [5.41, 5.74) is 2.90. The van der Waals surface area contributed by atoms with Gasteiger partial charge in [-0.3, -0.25) is 9.78 Å². The van der Waals surface area contributed by atoms with Crippen LogP contribution in [0.25, 0.3) is 10.7 Å². The summed E-state index contributed by atoms with van der Waals surface area (Å²) in [5.74, 6) is 0.564. The second kappa shape index (κ2) is 3.63. The third kappa shape index (κ3) is 1.67. The minimum absolute atomic E-state index is 0.404. The lowest BCUT2D eigenvalue weighted by Crippen LogP contribution is -1.95. The molecule has 0 unspecified atom stereocenters. The molecule has 0 amide bonds. The Kier molecular flexibility index (Phi) is 2.32. The second-order valence-electron chi connectivity index (χ2n) is 2.74. The lowest BCUT2D eigenvalue weighted by Gasteiger charge is -1.98. The monoisotopic (exact) mass is 205 g/mol. The van der Waals surface area contributed by atoms with Crippen LogP contribution in [-0.2, 0) is 0 Å². The number of hydrogen-bond donors (Lipinski definition) is 0. The van der Waals surface area contributed by atoms with Crippen molar-refractivity contribution in [2.75, 3.05) is 0 Å². The van der Waals surface area contributed by atoms with Crippen molar-refractivity contribution in [2.24, 2.45) is 0 Å². The second-order valence-corrected chi connectivity index (χ2v) is 3.63. The van der Waals surface area contributed by atoms with Gasteiger partial charge in [-0.25, -0.2) is 9.97 Å². The van der Waals surface area contributed by atoms with E-state index in [9.17, 15) is 4.79 Å². The van der Waals surface area contributed by atoms with E-state index in [1.54, 1.807) is 17.8 Å². The molecule has 0 bridgehead atoms. The van der Waals surface area contributed by atoms with Crippen molar-refractivity contribution in [3.05, 3.63) is 29.2 Å². The Balaban J connectivity index is 2.54. The SMILES string of the molecule is Cc1cc(C=O)nc(-c2cncs2)n1. The molecule has 0 saturated heterocycles. The lowest BCUT2D eigenvalue weighted by molar-refractivity contribution is 0.111. The van der Waals surface area contributed by atoms with Gasteiger partial charge in [0, 0.05) is 11.9 Å². The van der Waals surface area contributed by atoms with Crippen molar-refractivity contribution in [1.29, 1.82) is 0 Å². The van der Waals surface area contributed by atoms with Crippen LogP contribution in [0, 0.1) is 6.92 Å². The standard InChI is InChI=1S/C9H7N3OS/c1-6-2-7(4-13)12-9(11-6)8-3-10-5-14-8/h2-5H,1H3. The number of thiazole rings is 1. The first-order valence-electron chi connectivity index (χ1n) is 3.99. The number of carbonyl (C=O) groups is 1. The summed E-state index contributed by atoms with van der Waals surface area (Å²) in [7, 11) is 0. The molecule has 0 spiro atoms.